The molecule has 2 aromatic carbocycles. The van der Waals surface area contributed by atoms with Gasteiger partial charge in [0, 0.05) is 51.0 Å². The number of benzene rings is 2. The molecule has 0 aromatic heterocycles. The third kappa shape index (κ3) is 5.79. The van der Waals surface area contributed by atoms with E-state index >= 15 is 0 Å². The van der Waals surface area contributed by atoms with Gasteiger partial charge in [-0.1, -0.05) is 24.3 Å². The number of methoxy groups -OCH3 is 2. The van der Waals surface area contributed by atoms with Gasteiger partial charge < -0.3 is 29.5 Å². The third-order valence-electron chi connectivity index (χ3n) is 6.56. The first-order chi connectivity index (χ1) is 17.5. The van der Waals surface area contributed by atoms with Crippen LogP contribution in [0.25, 0.3) is 6.08 Å². The zero-order chi connectivity index (χ0) is 25.5. The van der Waals surface area contributed by atoms with Crippen LogP contribution in [0.2, 0.25) is 0 Å². The Morgan fingerprint density at radius 2 is 1.69 bits per heavy atom. The molecular weight excluding hydrogens is 460 g/mol. The predicted octanol–water partition coefficient (Wildman–Crippen LogP) is 1.78. The molecule has 1 N–H and O–H groups in total. The van der Waals surface area contributed by atoms with E-state index in [2.05, 4.69) is 22.3 Å². The fourth-order valence-electron chi connectivity index (χ4n) is 4.55. The van der Waals surface area contributed by atoms with Crippen molar-refractivity contribution in [3.05, 3.63) is 60.2 Å². The van der Waals surface area contributed by atoms with Crippen molar-refractivity contribution in [3.63, 3.8) is 0 Å². The van der Waals surface area contributed by atoms with Gasteiger partial charge in [-0.2, -0.15) is 0 Å². The van der Waals surface area contributed by atoms with E-state index in [0.29, 0.717) is 37.7 Å². The van der Waals surface area contributed by atoms with Crippen molar-refractivity contribution in [2.24, 2.45) is 0 Å². The second-order valence-electron chi connectivity index (χ2n) is 8.69. The second kappa shape index (κ2) is 11.6. The third-order valence-corrected chi connectivity index (χ3v) is 6.56. The summed E-state index contributed by atoms with van der Waals surface area (Å²) in [5, 5.41) is 2.79. The molecule has 2 heterocycles. The maximum atomic E-state index is 13.1. The molecule has 2 aliphatic heterocycles. The summed E-state index contributed by atoms with van der Waals surface area (Å²) < 4.78 is 10.6. The standard InChI is InChI=1S/C27H32N4O5/c1-35-23-10-8-20(18-24(23)36-2)9-11-25(32)31-13-12-28-27(34)22(31)19-26(33)30-16-14-29(15-17-30)21-6-4-3-5-7-21/h3-11,18,22H,12-17,19H2,1-2H3,(H,28,34)/b11-9+/t22-/m1/s1. The first kappa shape index (κ1) is 25.1. The average Bonchev–Trinajstić information content (AvgIpc) is 2.93. The van der Waals surface area contributed by atoms with Crippen LogP contribution in [0.3, 0.4) is 0 Å². The Morgan fingerprint density at radius 1 is 0.972 bits per heavy atom. The van der Waals surface area contributed by atoms with Crippen LogP contribution in [-0.2, 0) is 14.4 Å². The summed E-state index contributed by atoms with van der Waals surface area (Å²) in [7, 11) is 3.11. The van der Waals surface area contributed by atoms with E-state index in [4.69, 9.17) is 9.47 Å². The topological polar surface area (TPSA) is 91.4 Å². The number of amides is 3. The van der Waals surface area contributed by atoms with Gasteiger partial charge in [0.25, 0.3) is 0 Å². The number of hydrogen-bond donors (Lipinski definition) is 1. The molecule has 9 heteroatoms. The van der Waals surface area contributed by atoms with E-state index in [9.17, 15) is 14.4 Å². The van der Waals surface area contributed by atoms with Gasteiger partial charge in [-0.15, -0.1) is 0 Å². The lowest BCUT2D eigenvalue weighted by Gasteiger charge is -2.38. The normalized spacial score (nSPS) is 18.2. The minimum Gasteiger partial charge on any atom is -0.493 e. The summed E-state index contributed by atoms with van der Waals surface area (Å²) in [4.78, 5) is 44.3. The molecule has 0 unspecified atom stereocenters. The van der Waals surface area contributed by atoms with Crippen molar-refractivity contribution in [2.45, 2.75) is 12.5 Å². The van der Waals surface area contributed by atoms with E-state index in [1.54, 1.807) is 37.3 Å². The number of rotatable bonds is 7. The number of nitrogens with one attached hydrogen (secondary N) is 1. The van der Waals surface area contributed by atoms with Crippen LogP contribution in [0.5, 0.6) is 11.5 Å². The largest absolute Gasteiger partial charge is 0.493 e. The van der Waals surface area contributed by atoms with E-state index in [1.165, 1.54) is 11.0 Å². The monoisotopic (exact) mass is 492 g/mol. The van der Waals surface area contributed by atoms with Gasteiger partial charge in [0.15, 0.2) is 11.5 Å². The average molecular weight is 493 g/mol. The minimum absolute atomic E-state index is 0.0346. The molecule has 0 radical (unpaired) electrons. The van der Waals surface area contributed by atoms with Crippen molar-refractivity contribution < 1.29 is 23.9 Å². The molecule has 0 saturated carbocycles. The number of carbonyl (C=O) groups excluding carboxylic acids is 3. The molecular formula is C27H32N4O5. The predicted molar refractivity (Wildman–Crippen MR) is 137 cm³/mol. The molecule has 4 rings (SSSR count). The van der Waals surface area contributed by atoms with Crippen LogP contribution in [0.15, 0.2) is 54.6 Å². The van der Waals surface area contributed by atoms with E-state index in [0.717, 1.165) is 24.3 Å². The van der Waals surface area contributed by atoms with Crippen LogP contribution in [-0.4, -0.2) is 87.1 Å². The van der Waals surface area contributed by atoms with Crippen LogP contribution >= 0.6 is 0 Å². The Kier molecular flexibility index (Phi) is 8.10. The lowest BCUT2D eigenvalue weighted by molar-refractivity contribution is -0.144. The number of nitrogens with zero attached hydrogens (tertiary/aromatic N) is 3. The lowest BCUT2D eigenvalue weighted by Crippen LogP contribution is -2.59. The number of anilines is 1. The van der Waals surface area contributed by atoms with E-state index in [1.807, 2.05) is 24.3 Å². The van der Waals surface area contributed by atoms with Crippen molar-refractivity contribution in [1.29, 1.82) is 0 Å². The molecule has 0 aliphatic carbocycles. The molecule has 2 saturated heterocycles. The molecule has 2 fully saturated rings. The molecule has 1 atom stereocenters. The Balaban J connectivity index is 1.38. The van der Waals surface area contributed by atoms with Gasteiger partial charge in [0.1, 0.15) is 6.04 Å². The summed E-state index contributed by atoms with van der Waals surface area (Å²) >= 11 is 0. The summed E-state index contributed by atoms with van der Waals surface area (Å²) in [5.74, 6) is 0.417. The number of carbonyl (C=O) groups is 3. The highest BCUT2D eigenvalue weighted by atomic mass is 16.5. The zero-order valence-corrected chi connectivity index (χ0v) is 20.7. The summed E-state index contributed by atoms with van der Waals surface area (Å²) in [6.07, 6.45) is 3.06. The van der Waals surface area contributed by atoms with Crippen LogP contribution in [0, 0.1) is 0 Å². The van der Waals surface area contributed by atoms with Crippen molar-refractivity contribution >= 4 is 29.5 Å². The van der Waals surface area contributed by atoms with Gasteiger partial charge in [0.2, 0.25) is 17.7 Å². The SMILES string of the molecule is COc1ccc(/C=C/C(=O)N2CCNC(=O)[C@H]2CC(=O)N2CCN(c3ccccc3)CC2)cc1OC. The highest BCUT2D eigenvalue weighted by molar-refractivity contribution is 5.98. The summed E-state index contributed by atoms with van der Waals surface area (Å²) in [5.41, 5.74) is 1.89. The number of hydrogen-bond acceptors (Lipinski definition) is 6. The number of piperazine rings is 2. The molecule has 0 spiro atoms. The smallest absolute Gasteiger partial charge is 0.247 e. The van der Waals surface area contributed by atoms with Crippen molar-refractivity contribution in [2.75, 3.05) is 58.4 Å². The molecule has 2 aliphatic rings. The summed E-state index contributed by atoms with van der Waals surface area (Å²) in [6, 6.07) is 14.6. The van der Waals surface area contributed by atoms with Crippen molar-refractivity contribution in [1.82, 2.24) is 15.1 Å². The molecule has 3 amide bonds. The minimum atomic E-state index is -0.832. The molecule has 0 bridgehead atoms. The van der Waals surface area contributed by atoms with Gasteiger partial charge in [-0.25, -0.2) is 0 Å². The van der Waals surface area contributed by atoms with E-state index < -0.39 is 6.04 Å². The van der Waals surface area contributed by atoms with Crippen LogP contribution in [0.4, 0.5) is 5.69 Å². The highest BCUT2D eigenvalue weighted by Gasteiger charge is 2.35. The van der Waals surface area contributed by atoms with Crippen molar-refractivity contribution in [3.8, 4) is 11.5 Å². The Labute approximate surface area is 211 Å². The van der Waals surface area contributed by atoms with Gasteiger partial charge >= 0.3 is 0 Å². The molecule has 190 valence electrons. The van der Waals surface area contributed by atoms with E-state index in [-0.39, 0.29) is 24.1 Å². The Bertz CT molecular complexity index is 1110. The fraction of sp³-hybridized carbons (Fsp3) is 0.370. The van der Waals surface area contributed by atoms with Gasteiger partial charge in [0.05, 0.1) is 20.6 Å². The number of ether oxygens (including phenoxy) is 2. The Morgan fingerprint density at radius 3 is 2.39 bits per heavy atom. The first-order valence-corrected chi connectivity index (χ1v) is 12.1. The van der Waals surface area contributed by atoms with Crippen LogP contribution < -0.4 is 19.7 Å². The Hall–Kier alpha value is -4.01. The zero-order valence-electron chi connectivity index (χ0n) is 20.7. The quantitative estimate of drug-likeness (QED) is 0.593. The molecule has 2 aromatic rings. The molecule has 9 nitrogen and oxygen atoms in total. The van der Waals surface area contributed by atoms with Gasteiger partial charge in [-0.3, -0.25) is 14.4 Å². The fourth-order valence-corrected chi connectivity index (χ4v) is 4.55. The van der Waals surface area contributed by atoms with Gasteiger partial charge in [-0.05, 0) is 35.9 Å². The highest BCUT2D eigenvalue weighted by Crippen LogP contribution is 2.28. The second-order valence-corrected chi connectivity index (χ2v) is 8.69. The first-order valence-electron chi connectivity index (χ1n) is 12.1. The summed E-state index contributed by atoms with van der Waals surface area (Å²) in [6.45, 7) is 3.31. The maximum Gasteiger partial charge on any atom is 0.247 e. The molecule has 36 heavy (non-hydrogen) atoms. The van der Waals surface area contributed by atoms with Crippen LogP contribution in [0.1, 0.15) is 12.0 Å². The number of para-hydroxylation sites is 1. The maximum absolute atomic E-state index is 13.1. The lowest BCUT2D eigenvalue weighted by atomic mass is 10.1.